The molecule has 212 valence electrons. The molecule has 40 heavy (non-hydrogen) atoms. The summed E-state index contributed by atoms with van der Waals surface area (Å²) in [6.45, 7) is 0.733. The molecule has 0 aliphatic heterocycles. The quantitative estimate of drug-likeness (QED) is 0.299. The fourth-order valence-electron chi connectivity index (χ4n) is 3.98. The highest BCUT2D eigenvalue weighted by Gasteiger charge is 2.38. The van der Waals surface area contributed by atoms with Gasteiger partial charge in [0.05, 0.1) is 35.4 Å². The number of nitrogen functional groups attached to an aromatic ring is 1. The molecule has 2 atom stereocenters. The number of H-pyrrole nitrogens is 1. The lowest BCUT2D eigenvalue weighted by molar-refractivity contribution is -0.140. The molecular weight excluding hydrogens is 553 g/mol. The summed E-state index contributed by atoms with van der Waals surface area (Å²) in [6.07, 6.45) is -8.73. The van der Waals surface area contributed by atoms with Crippen molar-refractivity contribution >= 4 is 16.6 Å². The monoisotopic (exact) mass is 572 g/mol. The number of pyridine rings is 1. The standard InChI is InChI=1S/C24H19F7N6O3/c1-10(40-17-8-34-36-22(38)18(17)24(29,30)31)4-12(25)9-37-3-2-11-5-14(16(26)6-13(11)23(37)39)21-33-7-15(19(27)28)20(32)35-21/h2-3,5-8,10,12,19H,4,9H2,1H3,(H,36,38)(H2,32,33,35)/t10-,12+/m1/s1. The molecule has 0 fully saturated rings. The van der Waals surface area contributed by atoms with Crippen LogP contribution in [0.5, 0.6) is 5.75 Å². The Morgan fingerprint density at radius 3 is 2.52 bits per heavy atom. The highest BCUT2D eigenvalue weighted by atomic mass is 19.4. The van der Waals surface area contributed by atoms with Crippen molar-refractivity contribution < 1.29 is 35.5 Å². The van der Waals surface area contributed by atoms with Gasteiger partial charge in [-0.1, -0.05) is 0 Å². The number of anilines is 1. The molecule has 0 saturated heterocycles. The molecule has 9 nitrogen and oxygen atoms in total. The Morgan fingerprint density at radius 1 is 1.15 bits per heavy atom. The van der Waals surface area contributed by atoms with E-state index < -0.39 is 77.5 Å². The molecule has 0 amide bonds. The summed E-state index contributed by atoms with van der Waals surface area (Å²) in [6, 6.07) is 3.45. The van der Waals surface area contributed by atoms with E-state index >= 15 is 0 Å². The smallest absolute Gasteiger partial charge is 0.425 e. The van der Waals surface area contributed by atoms with Gasteiger partial charge in [-0.25, -0.2) is 32.6 Å². The van der Waals surface area contributed by atoms with Crippen molar-refractivity contribution in [3.8, 4) is 17.1 Å². The molecular formula is C24H19F7N6O3. The van der Waals surface area contributed by atoms with Crippen LogP contribution < -0.4 is 21.6 Å². The number of benzene rings is 1. The Bertz CT molecular complexity index is 1670. The lowest BCUT2D eigenvalue weighted by Gasteiger charge is -2.19. The molecule has 0 radical (unpaired) electrons. The second kappa shape index (κ2) is 10.9. The predicted molar refractivity (Wildman–Crippen MR) is 128 cm³/mol. The molecule has 1 aromatic carbocycles. The van der Waals surface area contributed by atoms with Crippen LogP contribution in [0.25, 0.3) is 22.2 Å². The Kier molecular flexibility index (Phi) is 7.79. The van der Waals surface area contributed by atoms with Gasteiger partial charge in [-0.05, 0) is 30.5 Å². The van der Waals surface area contributed by atoms with Crippen molar-refractivity contribution in [1.29, 1.82) is 0 Å². The molecule has 0 unspecified atom stereocenters. The van der Waals surface area contributed by atoms with Crippen LogP contribution in [0.2, 0.25) is 0 Å². The highest BCUT2D eigenvalue weighted by molar-refractivity contribution is 5.86. The van der Waals surface area contributed by atoms with Crippen LogP contribution in [0.3, 0.4) is 0 Å². The van der Waals surface area contributed by atoms with Crippen molar-refractivity contribution in [2.24, 2.45) is 0 Å². The van der Waals surface area contributed by atoms with E-state index in [0.717, 1.165) is 16.8 Å². The summed E-state index contributed by atoms with van der Waals surface area (Å²) < 4.78 is 101. The molecule has 4 rings (SSSR count). The number of halogens is 7. The average molecular weight is 572 g/mol. The first-order valence-electron chi connectivity index (χ1n) is 11.5. The third kappa shape index (κ3) is 5.89. The number of aromatic amines is 1. The summed E-state index contributed by atoms with van der Waals surface area (Å²) in [5.74, 6) is -2.66. The summed E-state index contributed by atoms with van der Waals surface area (Å²) in [5, 5.41) is 5.00. The first-order valence-corrected chi connectivity index (χ1v) is 11.5. The lowest BCUT2D eigenvalue weighted by Crippen LogP contribution is -2.29. The fourth-order valence-corrected chi connectivity index (χ4v) is 3.98. The summed E-state index contributed by atoms with van der Waals surface area (Å²) in [7, 11) is 0. The van der Waals surface area contributed by atoms with Crippen LogP contribution in [0, 0.1) is 5.82 Å². The van der Waals surface area contributed by atoms with Crippen LogP contribution in [0.15, 0.2) is 46.4 Å². The maximum atomic E-state index is 14.9. The molecule has 0 saturated carbocycles. The van der Waals surface area contributed by atoms with E-state index in [1.165, 1.54) is 25.3 Å². The Hall–Kier alpha value is -4.50. The Labute approximate surface area is 219 Å². The third-order valence-electron chi connectivity index (χ3n) is 5.80. The molecule has 0 aliphatic rings. The maximum absolute atomic E-state index is 14.9. The molecule has 3 heterocycles. The van der Waals surface area contributed by atoms with E-state index in [2.05, 4.69) is 15.1 Å². The van der Waals surface area contributed by atoms with Crippen molar-refractivity contribution in [3.05, 3.63) is 74.4 Å². The number of aromatic nitrogens is 5. The van der Waals surface area contributed by atoms with Crippen LogP contribution in [-0.2, 0) is 12.7 Å². The SMILES string of the molecule is C[C@H](C[C@H](F)Cn1ccc2cc(-c3ncc(C(F)F)c(N)n3)c(F)cc2c1=O)Oc1cn[nH]c(=O)c1C(F)(F)F. The van der Waals surface area contributed by atoms with Crippen molar-refractivity contribution in [2.75, 3.05) is 5.73 Å². The minimum atomic E-state index is -5.04. The number of rotatable bonds is 8. The van der Waals surface area contributed by atoms with E-state index in [-0.39, 0.29) is 22.2 Å². The van der Waals surface area contributed by atoms with E-state index in [1.54, 1.807) is 5.10 Å². The molecule has 0 spiro atoms. The first-order chi connectivity index (χ1) is 18.8. The molecule has 3 aromatic heterocycles. The number of nitrogens with one attached hydrogen (secondary N) is 1. The van der Waals surface area contributed by atoms with Gasteiger partial charge in [0.15, 0.2) is 17.1 Å². The molecule has 0 bridgehead atoms. The highest BCUT2D eigenvalue weighted by Crippen LogP contribution is 2.33. The largest absolute Gasteiger partial charge is 0.488 e. The van der Waals surface area contributed by atoms with E-state index in [9.17, 15) is 40.3 Å². The van der Waals surface area contributed by atoms with Gasteiger partial charge in [-0.2, -0.15) is 18.3 Å². The van der Waals surface area contributed by atoms with Gasteiger partial charge < -0.3 is 15.0 Å². The summed E-state index contributed by atoms with van der Waals surface area (Å²) >= 11 is 0. The van der Waals surface area contributed by atoms with Gasteiger partial charge >= 0.3 is 6.18 Å². The van der Waals surface area contributed by atoms with Gasteiger partial charge in [0.2, 0.25) is 0 Å². The van der Waals surface area contributed by atoms with Gasteiger partial charge in [-0.15, -0.1) is 0 Å². The van der Waals surface area contributed by atoms with Gasteiger partial charge in [-0.3, -0.25) is 9.59 Å². The Balaban J connectivity index is 1.53. The van der Waals surface area contributed by atoms with Gasteiger partial charge in [0.25, 0.3) is 17.5 Å². The number of hydrogen-bond acceptors (Lipinski definition) is 7. The maximum Gasteiger partial charge on any atom is 0.425 e. The van der Waals surface area contributed by atoms with Gasteiger partial charge in [0, 0.05) is 18.8 Å². The number of alkyl halides is 6. The minimum Gasteiger partial charge on any atom is -0.488 e. The zero-order valence-electron chi connectivity index (χ0n) is 20.3. The fraction of sp³-hybridized carbons (Fsp3) is 0.292. The van der Waals surface area contributed by atoms with E-state index in [0.29, 0.717) is 6.20 Å². The van der Waals surface area contributed by atoms with Crippen molar-refractivity contribution in [2.45, 2.75) is 44.8 Å². The summed E-state index contributed by atoms with van der Waals surface area (Å²) in [4.78, 5) is 31.9. The number of nitrogens with zero attached hydrogens (tertiary/aromatic N) is 4. The summed E-state index contributed by atoms with van der Waals surface area (Å²) in [5.41, 5.74) is 0.763. The van der Waals surface area contributed by atoms with E-state index in [4.69, 9.17) is 10.5 Å². The van der Waals surface area contributed by atoms with Crippen LogP contribution >= 0.6 is 0 Å². The lowest BCUT2D eigenvalue weighted by atomic mass is 10.1. The third-order valence-corrected chi connectivity index (χ3v) is 5.80. The second-order valence-corrected chi connectivity index (χ2v) is 8.73. The number of fused-ring (bicyclic) bond motifs is 1. The molecule has 3 N–H and O–H groups in total. The zero-order valence-corrected chi connectivity index (χ0v) is 20.3. The zero-order chi connectivity index (χ0) is 29.4. The number of nitrogens with two attached hydrogens (primary N) is 1. The van der Waals surface area contributed by atoms with Crippen LogP contribution in [0.4, 0.5) is 36.6 Å². The number of hydrogen-bond donors (Lipinski definition) is 2. The Morgan fingerprint density at radius 2 is 1.88 bits per heavy atom. The van der Waals surface area contributed by atoms with Crippen LogP contribution in [0.1, 0.15) is 30.9 Å². The molecule has 4 aromatic rings. The molecule has 16 heteroatoms. The first kappa shape index (κ1) is 28.5. The predicted octanol–water partition coefficient (Wildman–Crippen LogP) is 4.42. The van der Waals surface area contributed by atoms with Crippen molar-refractivity contribution in [3.63, 3.8) is 0 Å². The average Bonchev–Trinajstić information content (AvgIpc) is 2.84. The van der Waals surface area contributed by atoms with Crippen molar-refractivity contribution in [1.82, 2.24) is 24.7 Å². The normalized spacial score (nSPS) is 13.5. The topological polar surface area (TPSA) is 129 Å². The molecule has 0 aliphatic carbocycles. The second-order valence-electron chi connectivity index (χ2n) is 8.73. The number of ether oxygens (including phenoxy) is 1. The van der Waals surface area contributed by atoms with E-state index in [1.807, 2.05) is 0 Å². The van der Waals surface area contributed by atoms with Crippen LogP contribution in [-0.4, -0.2) is 37.0 Å². The van der Waals surface area contributed by atoms with Gasteiger partial charge in [0.1, 0.15) is 17.8 Å². The minimum absolute atomic E-state index is 0.137.